The summed E-state index contributed by atoms with van der Waals surface area (Å²) in [7, 11) is 0. The molecule has 28 heavy (non-hydrogen) atoms. The van der Waals surface area contributed by atoms with Crippen molar-refractivity contribution in [3.8, 4) is 0 Å². The van der Waals surface area contributed by atoms with Gasteiger partial charge in [0.25, 0.3) is 0 Å². The Morgan fingerprint density at radius 1 is 1.25 bits per heavy atom. The molecule has 0 aromatic carbocycles. The zero-order valence-corrected chi connectivity index (χ0v) is 16.4. The second-order valence-corrected chi connectivity index (χ2v) is 8.20. The first-order valence-corrected chi connectivity index (χ1v) is 10.4. The van der Waals surface area contributed by atoms with Crippen molar-refractivity contribution in [2.24, 2.45) is 0 Å². The number of fused-ring (bicyclic) bond motifs is 1. The molecule has 4 heterocycles. The first-order chi connectivity index (χ1) is 13.5. The van der Waals surface area contributed by atoms with Crippen molar-refractivity contribution in [3.63, 3.8) is 0 Å². The number of thioether (sulfide) groups is 1. The minimum atomic E-state index is -1.27. The highest BCUT2D eigenvalue weighted by molar-refractivity contribution is 7.99. The fraction of sp³-hybridized carbons (Fsp3) is 0.706. The summed E-state index contributed by atoms with van der Waals surface area (Å²) in [6.07, 6.45) is -1.74. The molecule has 0 saturated carbocycles. The minimum Gasteiger partial charge on any atom is -0.394 e. The Balaban J connectivity index is 1.79. The summed E-state index contributed by atoms with van der Waals surface area (Å²) in [5, 5.41) is 30.5. The predicted octanol–water partition coefficient (Wildman–Crippen LogP) is -0.147. The number of rotatable bonds is 6. The van der Waals surface area contributed by atoms with E-state index in [4.69, 9.17) is 15.2 Å². The van der Waals surface area contributed by atoms with Gasteiger partial charge in [-0.25, -0.2) is 15.0 Å². The summed E-state index contributed by atoms with van der Waals surface area (Å²) in [4.78, 5) is 13.6. The average Bonchev–Trinajstić information content (AvgIpc) is 3.36. The number of aliphatic hydroxyl groups is 3. The fourth-order valence-corrected chi connectivity index (χ4v) is 4.31. The Kier molecular flexibility index (Phi) is 5.72. The van der Waals surface area contributed by atoms with E-state index >= 15 is 0 Å². The topological polar surface area (TPSA) is 149 Å². The number of aliphatic hydroxyl groups excluding tert-OH is 3. The molecule has 2 fully saturated rings. The van der Waals surface area contributed by atoms with Crippen LogP contribution in [0.15, 0.2) is 5.16 Å². The summed E-state index contributed by atoms with van der Waals surface area (Å²) < 4.78 is 12.9. The van der Waals surface area contributed by atoms with Crippen LogP contribution in [-0.4, -0.2) is 78.2 Å². The maximum atomic E-state index is 10.4. The third-order valence-electron chi connectivity index (χ3n) is 5.11. The smallest absolute Gasteiger partial charge is 0.204 e. The molecule has 11 heteroatoms. The van der Waals surface area contributed by atoms with Crippen LogP contribution < -0.4 is 5.73 Å². The zero-order valence-electron chi connectivity index (χ0n) is 15.6. The summed E-state index contributed by atoms with van der Waals surface area (Å²) in [5.41, 5.74) is 7.85. The number of nitrogens with two attached hydrogens (primary N) is 1. The quantitative estimate of drug-likeness (QED) is 0.373. The first-order valence-electron chi connectivity index (χ1n) is 9.44. The summed E-state index contributed by atoms with van der Waals surface area (Å²) in [6.45, 7) is 2.34. The van der Waals surface area contributed by atoms with E-state index in [0.29, 0.717) is 22.7 Å². The van der Waals surface area contributed by atoms with Gasteiger partial charge in [-0.05, 0) is 18.6 Å². The van der Waals surface area contributed by atoms with Gasteiger partial charge in [0.2, 0.25) is 5.95 Å². The van der Waals surface area contributed by atoms with Crippen LogP contribution in [0.3, 0.4) is 0 Å². The SMILES string of the molecule is CCSc1nc(CC2CCCO2)c2nc(N)n([C@@H]3O[C@H](CO)[C@@H](O)[C@H]3O)c2n1. The number of aromatic nitrogens is 4. The van der Waals surface area contributed by atoms with E-state index in [0.717, 1.165) is 30.9 Å². The maximum Gasteiger partial charge on any atom is 0.204 e. The molecule has 0 aliphatic carbocycles. The molecule has 0 amide bonds. The van der Waals surface area contributed by atoms with Crippen LogP contribution in [-0.2, 0) is 15.9 Å². The van der Waals surface area contributed by atoms with Crippen molar-refractivity contribution < 1.29 is 24.8 Å². The van der Waals surface area contributed by atoms with Gasteiger partial charge in [-0.1, -0.05) is 18.7 Å². The number of ether oxygens (including phenoxy) is 2. The molecule has 2 aliphatic heterocycles. The molecule has 10 nitrogen and oxygen atoms in total. The lowest BCUT2D eigenvalue weighted by Gasteiger charge is -2.18. The zero-order chi connectivity index (χ0) is 19.8. The maximum absolute atomic E-state index is 10.4. The molecule has 2 aromatic rings. The normalized spacial score (nSPS) is 30.5. The van der Waals surface area contributed by atoms with E-state index in [1.807, 2.05) is 6.92 Å². The Hall–Kier alpha value is -1.50. The fourth-order valence-electron chi connectivity index (χ4n) is 3.73. The van der Waals surface area contributed by atoms with Gasteiger partial charge in [0.05, 0.1) is 18.4 Å². The number of imidazole rings is 1. The largest absolute Gasteiger partial charge is 0.394 e. The first kappa shape index (κ1) is 19.8. The molecule has 1 unspecified atom stereocenters. The summed E-state index contributed by atoms with van der Waals surface area (Å²) in [5.74, 6) is 0.897. The third kappa shape index (κ3) is 3.46. The highest BCUT2D eigenvalue weighted by Crippen LogP contribution is 2.35. The second kappa shape index (κ2) is 8.09. The number of hydrogen-bond donors (Lipinski definition) is 4. The monoisotopic (exact) mass is 411 g/mol. The summed E-state index contributed by atoms with van der Waals surface area (Å²) in [6, 6.07) is 0. The van der Waals surface area contributed by atoms with E-state index in [9.17, 15) is 15.3 Å². The number of anilines is 1. The van der Waals surface area contributed by atoms with Gasteiger partial charge in [-0.15, -0.1) is 0 Å². The van der Waals surface area contributed by atoms with E-state index in [1.165, 1.54) is 16.3 Å². The van der Waals surface area contributed by atoms with Crippen LogP contribution in [0.5, 0.6) is 0 Å². The van der Waals surface area contributed by atoms with E-state index in [-0.39, 0.29) is 12.1 Å². The molecule has 2 aliphatic rings. The number of hydrogen-bond acceptors (Lipinski definition) is 10. The molecule has 4 rings (SSSR count). The van der Waals surface area contributed by atoms with Crippen LogP contribution in [0, 0.1) is 0 Å². The van der Waals surface area contributed by atoms with E-state index in [2.05, 4.69) is 15.0 Å². The van der Waals surface area contributed by atoms with Crippen LogP contribution in [0.4, 0.5) is 5.95 Å². The standard InChI is InChI=1S/C17H25N5O5S/c1-2-28-17-19-9(6-8-4-3-5-26-8)11-14(21-17)22(16(18)20-11)15-13(25)12(24)10(7-23)27-15/h8,10,12-13,15,23-25H,2-7H2,1H3,(H2,18,20)/t8?,10-,12-,13-,15-/m1/s1. The van der Waals surface area contributed by atoms with Crippen molar-refractivity contribution in [3.05, 3.63) is 5.69 Å². The molecule has 154 valence electrons. The van der Waals surface area contributed by atoms with Gasteiger partial charge in [-0.3, -0.25) is 4.57 Å². The van der Waals surface area contributed by atoms with Crippen LogP contribution in [0.25, 0.3) is 11.2 Å². The molecular formula is C17H25N5O5S. The van der Waals surface area contributed by atoms with Gasteiger partial charge in [-0.2, -0.15) is 0 Å². The van der Waals surface area contributed by atoms with E-state index in [1.54, 1.807) is 0 Å². The average molecular weight is 411 g/mol. The Morgan fingerprint density at radius 2 is 2.07 bits per heavy atom. The highest BCUT2D eigenvalue weighted by Gasteiger charge is 2.45. The van der Waals surface area contributed by atoms with Gasteiger partial charge in [0, 0.05) is 13.0 Å². The van der Waals surface area contributed by atoms with Crippen LogP contribution in [0.1, 0.15) is 31.7 Å². The third-order valence-corrected chi connectivity index (χ3v) is 5.84. The molecule has 2 saturated heterocycles. The Morgan fingerprint density at radius 3 is 2.71 bits per heavy atom. The van der Waals surface area contributed by atoms with Crippen LogP contribution >= 0.6 is 11.8 Å². The molecule has 0 spiro atoms. The number of nitrogens with zero attached hydrogens (tertiary/aromatic N) is 4. The summed E-state index contributed by atoms with van der Waals surface area (Å²) >= 11 is 1.49. The Labute approximate surface area is 166 Å². The Bertz CT molecular complexity index is 843. The predicted molar refractivity (Wildman–Crippen MR) is 102 cm³/mol. The molecular weight excluding hydrogens is 386 g/mol. The highest BCUT2D eigenvalue weighted by atomic mass is 32.2. The molecule has 0 bridgehead atoms. The molecule has 2 aromatic heterocycles. The van der Waals surface area contributed by atoms with Gasteiger partial charge in [0.15, 0.2) is 17.0 Å². The van der Waals surface area contributed by atoms with Gasteiger partial charge >= 0.3 is 0 Å². The lowest BCUT2D eigenvalue weighted by molar-refractivity contribution is -0.0501. The van der Waals surface area contributed by atoms with Crippen molar-refractivity contribution in [2.75, 3.05) is 24.7 Å². The van der Waals surface area contributed by atoms with Crippen molar-refractivity contribution in [1.82, 2.24) is 19.5 Å². The lowest BCUT2D eigenvalue weighted by atomic mass is 10.1. The van der Waals surface area contributed by atoms with Crippen molar-refractivity contribution in [2.45, 2.75) is 62.0 Å². The lowest BCUT2D eigenvalue weighted by Crippen LogP contribution is -2.33. The van der Waals surface area contributed by atoms with Crippen molar-refractivity contribution >= 4 is 28.9 Å². The molecule has 5 N–H and O–H groups in total. The van der Waals surface area contributed by atoms with Crippen LogP contribution in [0.2, 0.25) is 0 Å². The van der Waals surface area contributed by atoms with Gasteiger partial charge < -0.3 is 30.5 Å². The molecule has 0 radical (unpaired) electrons. The second-order valence-electron chi connectivity index (χ2n) is 6.97. The van der Waals surface area contributed by atoms with Crippen molar-refractivity contribution in [1.29, 1.82) is 0 Å². The minimum absolute atomic E-state index is 0.0814. The van der Waals surface area contributed by atoms with Gasteiger partial charge in [0.1, 0.15) is 23.8 Å². The van der Waals surface area contributed by atoms with E-state index < -0.39 is 31.1 Å². The number of nitrogen functional groups attached to an aromatic ring is 1. The molecule has 5 atom stereocenters.